The van der Waals surface area contributed by atoms with Crippen LogP contribution in [0.3, 0.4) is 0 Å². The second-order valence-corrected chi connectivity index (χ2v) is 5.91. The van der Waals surface area contributed by atoms with E-state index < -0.39 is 6.10 Å². The Morgan fingerprint density at radius 2 is 2.14 bits per heavy atom. The van der Waals surface area contributed by atoms with Crippen molar-refractivity contribution in [1.29, 1.82) is 5.26 Å². The number of nitrogens with zero attached hydrogens (tertiary/aromatic N) is 2. The molecule has 1 aliphatic heterocycles. The summed E-state index contributed by atoms with van der Waals surface area (Å²) < 4.78 is 11.0. The summed E-state index contributed by atoms with van der Waals surface area (Å²) in [4.78, 5) is 2.23. The van der Waals surface area contributed by atoms with E-state index in [-0.39, 0.29) is 12.1 Å². The summed E-state index contributed by atoms with van der Waals surface area (Å²) in [5.74, 6) is 0.661. The molecule has 1 aliphatic rings. The third-order valence-corrected chi connectivity index (χ3v) is 3.67. The van der Waals surface area contributed by atoms with Gasteiger partial charge in [0.05, 0.1) is 24.8 Å². The quantitative estimate of drug-likeness (QED) is 0.888. The van der Waals surface area contributed by atoms with Gasteiger partial charge in [-0.15, -0.1) is 0 Å². The molecule has 1 fully saturated rings. The zero-order valence-corrected chi connectivity index (χ0v) is 12.6. The van der Waals surface area contributed by atoms with Crippen molar-refractivity contribution in [3.05, 3.63) is 29.8 Å². The van der Waals surface area contributed by atoms with E-state index >= 15 is 0 Å². The highest BCUT2D eigenvalue weighted by molar-refractivity contribution is 5.34. The highest BCUT2D eigenvalue weighted by atomic mass is 16.5. The third-order valence-electron chi connectivity index (χ3n) is 3.67. The van der Waals surface area contributed by atoms with Crippen LogP contribution in [0.5, 0.6) is 5.75 Å². The number of aliphatic hydroxyl groups is 1. The molecule has 5 nitrogen and oxygen atoms in total. The first-order valence-electron chi connectivity index (χ1n) is 7.15. The molecule has 0 amide bonds. The van der Waals surface area contributed by atoms with Gasteiger partial charge in [-0.05, 0) is 38.1 Å². The number of ether oxygens (including phenoxy) is 2. The average Bonchev–Trinajstić information content (AvgIpc) is 2.48. The molecular weight excluding hydrogens is 268 g/mol. The van der Waals surface area contributed by atoms with Gasteiger partial charge in [0, 0.05) is 18.6 Å². The lowest BCUT2D eigenvalue weighted by molar-refractivity contribution is -0.0703. The largest absolute Gasteiger partial charge is 0.491 e. The smallest absolute Gasteiger partial charge is 0.119 e. The van der Waals surface area contributed by atoms with Crippen molar-refractivity contribution in [1.82, 2.24) is 4.90 Å². The van der Waals surface area contributed by atoms with Gasteiger partial charge in [-0.1, -0.05) is 0 Å². The highest BCUT2D eigenvalue weighted by Gasteiger charge is 2.31. The summed E-state index contributed by atoms with van der Waals surface area (Å²) in [5, 5.41) is 18.9. The normalized spacial score (nSPS) is 19.7. The maximum absolute atomic E-state index is 10.1. The molecule has 0 unspecified atom stereocenters. The van der Waals surface area contributed by atoms with Gasteiger partial charge in [-0.2, -0.15) is 5.26 Å². The number of rotatable bonds is 5. The van der Waals surface area contributed by atoms with Gasteiger partial charge >= 0.3 is 0 Å². The molecule has 0 aliphatic carbocycles. The lowest BCUT2D eigenvalue weighted by Gasteiger charge is -2.42. The maximum atomic E-state index is 10.1. The Balaban J connectivity index is 1.81. The summed E-state index contributed by atoms with van der Waals surface area (Å²) in [6, 6.07) is 8.94. The zero-order chi connectivity index (χ0) is 15.3. The standard InChI is InChI=1S/C16H22N2O3/c1-16(2)12-20-8-7-18(16)10-14(19)11-21-15-5-3-13(9-17)4-6-15/h3-6,14,19H,7-8,10-12H2,1-2H3/t14-/m0/s1. The fourth-order valence-electron chi connectivity index (χ4n) is 2.35. The van der Waals surface area contributed by atoms with Crippen LogP contribution in [0.1, 0.15) is 19.4 Å². The van der Waals surface area contributed by atoms with E-state index in [4.69, 9.17) is 14.7 Å². The summed E-state index contributed by atoms with van der Waals surface area (Å²) in [6.45, 7) is 7.22. The van der Waals surface area contributed by atoms with Crippen LogP contribution >= 0.6 is 0 Å². The zero-order valence-electron chi connectivity index (χ0n) is 12.6. The summed E-state index contributed by atoms with van der Waals surface area (Å²) in [6.07, 6.45) is -0.557. The van der Waals surface area contributed by atoms with E-state index in [9.17, 15) is 5.11 Å². The number of hydrogen-bond acceptors (Lipinski definition) is 5. The molecule has 0 radical (unpaired) electrons. The number of morpholine rings is 1. The van der Waals surface area contributed by atoms with Crippen molar-refractivity contribution in [2.45, 2.75) is 25.5 Å². The van der Waals surface area contributed by atoms with Crippen molar-refractivity contribution in [3.8, 4) is 11.8 Å². The molecule has 2 rings (SSSR count). The van der Waals surface area contributed by atoms with Gasteiger partial charge < -0.3 is 14.6 Å². The minimum absolute atomic E-state index is 0.0618. The van der Waals surface area contributed by atoms with Crippen LogP contribution in [0.4, 0.5) is 0 Å². The summed E-state index contributed by atoms with van der Waals surface area (Å²) >= 11 is 0. The predicted octanol–water partition coefficient (Wildman–Crippen LogP) is 1.41. The van der Waals surface area contributed by atoms with Crippen molar-refractivity contribution >= 4 is 0 Å². The van der Waals surface area contributed by atoms with E-state index in [1.807, 2.05) is 0 Å². The van der Waals surface area contributed by atoms with Gasteiger partial charge in [-0.25, -0.2) is 0 Å². The van der Waals surface area contributed by atoms with Crippen LogP contribution in [0.25, 0.3) is 0 Å². The minimum atomic E-state index is -0.557. The van der Waals surface area contributed by atoms with Gasteiger partial charge in [0.2, 0.25) is 0 Å². The van der Waals surface area contributed by atoms with Gasteiger partial charge in [-0.3, -0.25) is 4.90 Å². The van der Waals surface area contributed by atoms with Crippen molar-refractivity contribution < 1.29 is 14.6 Å². The van der Waals surface area contributed by atoms with Crippen LogP contribution in [-0.2, 0) is 4.74 Å². The van der Waals surface area contributed by atoms with E-state index in [0.29, 0.717) is 31.1 Å². The molecule has 1 aromatic rings. The van der Waals surface area contributed by atoms with E-state index in [1.165, 1.54) is 0 Å². The Morgan fingerprint density at radius 3 is 2.76 bits per heavy atom. The Morgan fingerprint density at radius 1 is 1.43 bits per heavy atom. The first-order valence-corrected chi connectivity index (χ1v) is 7.15. The Kier molecular flexibility index (Phi) is 5.18. The monoisotopic (exact) mass is 290 g/mol. The fraction of sp³-hybridized carbons (Fsp3) is 0.562. The maximum Gasteiger partial charge on any atom is 0.119 e. The topological polar surface area (TPSA) is 65.7 Å². The minimum Gasteiger partial charge on any atom is -0.491 e. The van der Waals surface area contributed by atoms with Crippen molar-refractivity contribution in [2.75, 3.05) is 32.9 Å². The molecule has 1 heterocycles. The van der Waals surface area contributed by atoms with Gasteiger partial charge in [0.1, 0.15) is 18.5 Å². The van der Waals surface area contributed by atoms with E-state index in [1.54, 1.807) is 24.3 Å². The van der Waals surface area contributed by atoms with E-state index in [2.05, 4.69) is 24.8 Å². The lowest BCUT2D eigenvalue weighted by atomic mass is 10.0. The molecule has 114 valence electrons. The van der Waals surface area contributed by atoms with Crippen LogP contribution in [0.15, 0.2) is 24.3 Å². The Labute approximate surface area is 125 Å². The van der Waals surface area contributed by atoms with Crippen molar-refractivity contribution in [3.63, 3.8) is 0 Å². The molecule has 0 bridgehead atoms. The lowest BCUT2D eigenvalue weighted by Crippen LogP contribution is -2.55. The van der Waals surface area contributed by atoms with Crippen LogP contribution in [0.2, 0.25) is 0 Å². The molecule has 0 saturated carbocycles. The SMILES string of the molecule is CC1(C)COCCN1C[C@H](O)COc1ccc(C#N)cc1. The third kappa shape index (κ3) is 4.43. The average molecular weight is 290 g/mol. The Hall–Kier alpha value is -1.61. The van der Waals surface area contributed by atoms with E-state index in [0.717, 1.165) is 6.54 Å². The summed E-state index contributed by atoms with van der Waals surface area (Å²) in [7, 11) is 0. The first-order chi connectivity index (χ1) is 10.0. The van der Waals surface area contributed by atoms with Crippen LogP contribution in [0, 0.1) is 11.3 Å². The first kappa shape index (κ1) is 15.8. The number of benzene rings is 1. The number of aliphatic hydroxyl groups excluding tert-OH is 1. The van der Waals surface area contributed by atoms with Crippen LogP contribution < -0.4 is 4.74 Å². The molecule has 21 heavy (non-hydrogen) atoms. The number of nitriles is 1. The molecule has 0 spiro atoms. The molecule has 1 atom stereocenters. The van der Waals surface area contributed by atoms with Gasteiger partial charge in [0.15, 0.2) is 0 Å². The number of β-amino-alcohol motifs (C(OH)–C–C–N with tert-alkyl or cyclic N) is 1. The molecule has 1 aromatic carbocycles. The second-order valence-electron chi connectivity index (χ2n) is 5.91. The fourth-order valence-corrected chi connectivity index (χ4v) is 2.35. The Bertz CT molecular complexity index is 493. The highest BCUT2D eigenvalue weighted by Crippen LogP contribution is 2.19. The molecule has 5 heteroatoms. The molecule has 0 aromatic heterocycles. The molecular formula is C16H22N2O3. The molecule has 1 saturated heterocycles. The van der Waals surface area contributed by atoms with Crippen molar-refractivity contribution in [2.24, 2.45) is 0 Å². The van der Waals surface area contributed by atoms with Gasteiger partial charge in [0.25, 0.3) is 0 Å². The number of hydrogen-bond donors (Lipinski definition) is 1. The summed E-state index contributed by atoms with van der Waals surface area (Å²) in [5.41, 5.74) is 0.534. The van der Waals surface area contributed by atoms with Crippen LogP contribution in [-0.4, -0.2) is 54.6 Å². The predicted molar refractivity (Wildman–Crippen MR) is 79.1 cm³/mol. The molecule has 1 N–H and O–H groups in total. The second kappa shape index (κ2) is 6.90.